The van der Waals surface area contributed by atoms with Crippen molar-refractivity contribution in [1.29, 1.82) is 0 Å². The number of halogens is 2. The van der Waals surface area contributed by atoms with E-state index in [4.69, 9.17) is 0 Å². The predicted molar refractivity (Wildman–Crippen MR) is 65.8 cm³/mol. The van der Waals surface area contributed by atoms with Gasteiger partial charge in [-0.15, -0.1) is 24.8 Å². The highest BCUT2D eigenvalue weighted by atomic mass is 35.5. The molecule has 1 aromatic heterocycles. The second kappa shape index (κ2) is 5.68. The van der Waals surface area contributed by atoms with Crippen LogP contribution in [0.15, 0.2) is 36.5 Å². The Labute approximate surface area is 95.6 Å². The number of fused-ring (bicyclic) bond motifs is 1. The Hall–Kier alpha value is -0.990. The van der Waals surface area contributed by atoms with Crippen LogP contribution in [0.4, 0.5) is 5.82 Å². The van der Waals surface area contributed by atoms with Crippen LogP contribution in [0.3, 0.4) is 0 Å². The number of benzene rings is 1. The lowest BCUT2D eigenvalue weighted by atomic mass is 10.2. The second-order valence-corrected chi connectivity index (χ2v) is 2.63. The van der Waals surface area contributed by atoms with E-state index in [1.807, 2.05) is 31.4 Å². The van der Waals surface area contributed by atoms with Gasteiger partial charge in [0, 0.05) is 18.6 Å². The van der Waals surface area contributed by atoms with Crippen molar-refractivity contribution in [2.75, 3.05) is 12.4 Å². The van der Waals surface area contributed by atoms with Gasteiger partial charge in [0.1, 0.15) is 5.82 Å². The van der Waals surface area contributed by atoms with Crippen molar-refractivity contribution in [2.24, 2.45) is 0 Å². The number of aromatic nitrogens is 1. The molecule has 0 aliphatic rings. The highest BCUT2D eigenvalue weighted by Gasteiger charge is 1.96. The van der Waals surface area contributed by atoms with Crippen LogP contribution >= 0.6 is 24.8 Å². The van der Waals surface area contributed by atoms with E-state index in [0.717, 1.165) is 5.82 Å². The molecule has 0 unspecified atom stereocenters. The van der Waals surface area contributed by atoms with Gasteiger partial charge in [0.25, 0.3) is 0 Å². The Morgan fingerprint density at radius 2 is 1.79 bits per heavy atom. The van der Waals surface area contributed by atoms with Gasteiger partial charge in [-0.25, -0.2) is 4.98 Å². The van der Waals surface area contributed by atoms with E-state index in [9.17, 15) is 0 Å². The molecule has 2 aromatic rings. The summed E-state index contributed by atoms with van der Waals surface area (Å²) in [5.41, 5.74) is 0. The standard InChI is InChI=1S/C10H10N2.2ClH/c1-11-10-9-5-3-2-4-8(9)6-7-12-10;;/h2-7H,1H3,(H,11,12);2*1H. The third kappa shape index (κ3) is 2.28. The van der Waals surface area contributed by atoms with Gasteiger partial charge in [-0.1, -0.05) is 24.3 Å². The van der Waals surface area contributed by atoms with Crippen LogP contribution in [0, 0.1) is 0 Å². The summed E-state index contributed by atoms with van der Waals surface area (Å²) in [5, 5.41) is 5.45. The minimum atomic E-state index is 0. The molecule has 4 heteroatoms. The average molecular weight is 231 g/mol. The third-order valence-electron chi connectivity index (χ3n) is 1.91. The summed E-state index contributed by atoms with van der Waals surface area (Å²) < 4.78 is 0. The quantitative estimate of drug-likeness (QED) is 0.815. The third-order valence-corrected chi connectivity index (χ3v) is 1.91. The molecule has 1 aromatic carbocycles. The number of nitrogens with zero attached hydrogens (tertiary/aromatic N) is 1. The number of rotatable bonds is 1. The maximum atomic E-state index is 4.21. The smallest absolute Gasteiger partial charge is 0.133 e. The van der Waals surface area contributed by atoms with Crippen molar-refractivity contribution in [1.82, 2.24) is 4.98 Å². The van der Waals surface area contributed by atoms with Crippen LogP contribution in [0.2, 0.25) is 0 Å². The van der Waals surface area contributed by atoms with Gasteiger partial charge in [0.15, 0.2) is 0 Å². The van der Waals surface area contributed by atoms with E-state index in [2.05, 4.69) is 22.4 Å². The highest BCUT2D eigenvalue weighted by Crippen LogP contribution is 2.19. The summed E-state index contributed by atoms with van der Waals surface area (Å²) in [6.07, 6.45) is 1.81. The van der Waals surface area contributed by atoms with Crippen LogP contribution in [0.5, 0.6) is 0 Å². The second-order valence-electron chi connectivity index (χ2n) is 2.63. The Morgan fingerprint density at radius 3 is 2.50 bits per heavy atom. The number of pyridine rings is 1. The average Bonchev–Trinajstić information content (AvgIpc) is 2.17. The SMILES string of the molecule is CNc1nccc2ccccc12.Cl.Cl. The molecule has 0 aliphatic heterocycles. The number of hydrogen-bond donors (Lipinski definition) is 1. The van der Waals surface area contributed by atoms with Crippen molar-refractivity contribution in [3.8, 4) is 0 Å². The van der Waals surface area contributed by atoms with Crippen molar-refractivity contribution >= 4 is 41.4 Å². The Kier molecular flexibility index (Phi) is 5.28. The first-order chi connectivity index (χ1) is 5.92. The summed E-state index contributed by atoms with van der Waals surface area (Å²) in [6, 6.07) is 10.2. The molecule has 0 fully saturated rings. The predicted octanol–water partition coefficient (Wildman–Crippen LogP) is 3.12. The molecule has 0 atom stereocenters. The lowest BCUT2D eigenvalue weighted by Gasteiger charge is -2.02. The first kappa shape index (κ1) is 13.0. The lowest BCUT2D eigenvalue weighted by Crippen LogP contribution is -1.91. The molecule has 0 bridgehead atoms. The molecule has 0 saturated heterocycles. The zero-order valence-electron chi connectivity index (χ0n) is 7.73. The Morgan fingerprint density at radius 1 is 1.07 bits per heavy atom. The van der Waals surface area contributed by atoms with Crippen molar-refractivity contribution < 1.29 is 0 Å². The van der Waals surface area contributed by atoms with Crippen molar-refractivity contribution in [2.45, 2.75) is 0 Å². The first-order valence-electron chi connectivity index (χ1n) is 3.93. The summed E-state index contributed by atoms with van der Waals surface area (Å²) in [7, 11) is 1.88. The normalized spacial score (nSPS) is 8.64. The fraction of sp³-hybridized carbons (Fsp3) is 0.100. The van der Waals surface area contributed by atoms with Crippen LogP contribution in [0.1, 0.15) is 0 Å². The van der Waals surface area contributed by atoms with Gasteiger partial charge in [-0.3, -0.25) is 0 Å². The summed E-state index contributed by atoms with van der Waals surface area (Å²) in [4.78, 5) is 4.21. The molecule has 0 radical (unpaired) electrons. The molecule has 2 rings (SSSR count). The fourth-order valence-corrected chi connectivity index (χ4v) is 1.32. The molecule has 2 nitrogen and oxygen atoms in total. The van der Waals surface area contributed by atoms with Gasteiger partial charge >= 0.3 is 0 Å². The number of hydrogen-bond acceptors (Lipinski definition) is 2. The van der Waals surface area contributed by atoms with E-state index >= 15 is 0 Å². The van der Waals surface area contributed by atoms with E-state index in [1.165, 1.54) is 10.8 Å². The monoisotopic (exact) mass is 230 g/mol. The summed E-state index contributed by atoms with van der Waals surface area (Å²) in [6.45, 7) is 0. The van der Waals surface area contributed by atoms with Gasteiger partial charge < -0.3 is 5.32 Å². The maximum absolute atomic E-state index is 4.21. The molecule has 0 amide bonds. The van der Waals surface area contributed by atoms with Gasteiger partial charge in [0.2, 0.25) is 0 Å². The lowest BCUT2D eigenvalue weighted by molar-refractivity contribution is 1.32. The van der Waals surface area contributed by atoms with Crippen LogP contribution in [0.25, 0.3) is 10.8 Å². The van der Waals surface area contributed by atoms with E-state index in [-0.39, 0.29) is 24.8 Å². The van der Waals surface area contributed by atoms with Gasteiger partial charge in [-0.2, -0.15) is 0 Å². The minimum Gasteiger partial charge on any atom is -0.373 e. The Bertz CT molecular complexity index is 399. The molecule has 14 heavy (non-hydrogen) atoms. The summed E-state index contributed by atoms with van der Waals surface area (Å²) >= 11 is 0. The minimum absolute atomic E-state index is 0. The topological polar surface area (TPSA) is 24.9 Å². The van der Waals surface area contributed by atoms with E-state index in [1.54, 1.807) is 0 Å². The zero-order valence-corrected chi connectivity index (χ0v) is 9.36. The van der Waals surface area contributed by atoms with Crippen LogP contribution < -0.4 is 5.32 Å². The largest absolute Gasteiger partial charge is 0.373 e. The highest BCUT2D eigenvalue weighted by molar-refractivity contribution is 5.91. The van der Waals surface area contributed by atoms with E-state index < -0.39 is 0 Å². The molecule has 1 N–H and O–H groups in total. The Balaban J connectivity index is 0.000000845. The first-order valence-corrected chi connectivity index (χ1v) is 3.93. The van der Waals surface area contributed by atoms with Crippen molar-refractivity contribution in [3.63, 3.8) is 0 Å². The molecule has 0 spiro atoms. The maximum Gasteiger partial charge on any atom is 0.133 e. The van der Waals surface area contributed by atoms with Gasteiger partial charge in [-0.05, 0) is 11.5 Å². The molecule has 0 saturated carbocycles. The van der Waals surface area contributed by atoms with Crippen LogP contribution in [-0.4, -0.2) is 12.0 Å². The van der Waals surface area contributed by atoms with Crippen LogP contribution in [-0.2, 0) is 0 Å². The molecule has 1 heterocycles. The number of anilines is 1. The molecular formula is C10H12Cl2N2. The van der Waals surface area contributed by atoms with E-state index in [0.29, 0.717) is 0 Å². The molecular weight excluding hydrogens is 219 g/mol. The molecule has 76 valence electrons. The van der Waals surface area contributed by atoms with Crippen molar-refractivity contribution in [3.05, 3.63) is 36.5 Å². The number of nitrogens with one attached hydrogen (secondary N) is 1. The zero-order chi connectivity index (χ0) is 8.39. The summed E-state index contributed by atoms with van der Waals surface area (Å²) in [5.74, 6) is 0.938. The molecule has 0 aliphatic carbocycles. The fourth-order valence-electron chi connectivity index (χ4n) is 1.32. The van der Waals surface area contributed by atoms with Gasteiger partial charge in [0.05, 0.1) is 0 Å².